The number of hydrogen-bond acceptors (Lipinski definition) is 4. The molecule has 1 aromatic rings. The summed E-state index contributed by atoms with van der Waals surface area (Å²) in [5, 5.41) is 5.54. The summed E-state index contributed by atoms with van der Waals surface area (Å²) >= 11 is 0. The standard InChI is InChI=1S/C21H32N4O3/c1-4-15(5-2)21(28)24-11-19(26)23-10-14-7-8-16-12-25(13-17(16)9-14)18(6-3)20(22)27/h7-9,15,18H,4-6,10-13H2,1-3H3,(H2,22,27)(H,23,26)(H,24,28). The molecule has 1 heterocycles. The molecule has 0 radical (unpaired) electrons. The van der Waals surface area contributed by atoms with Crippen molar-refractivity contribution in [3.63, 3.8) is 0 Å². The van der Waals surface area contributed by atoms with Crippen molar-refractivity contribution in [2.75, 3.05) is 6.54 Å². The van der Waals surface area contributed by atoms with Gasteiger partial charge < -0.3 is 16.4 Å². The first-order valence-corrected chi connectivity index (χ1v) is 10.1. The Morgan fingerprint density at radius 3 is 2.32 bits per heavy atom. The van der Waals surface area contributed by atoms with E-state index >= 15 is 0 Å². The zero-order chi connectivity index (χ0) is 20.7. The van der Waals surface area contributed by atoms with Gasteiger partial charge in [-0.1, -0.05) is 39.0 Å². The molecule has 0 aliphatic carbocycles. The minimum absolute atomic E-state index is 0.00908. The van der Waals surface area contributed by atoms with Gasteiger partial charge in [0, 0.05) is 25.6 Å². The second-order valence-corrected chi connectivity index (χ2v) is 7.34. The van der Waals surface area contributed by atoms with E-state index in [1.54, 1.807) is 0 Å². The molecule has 3 amide bonds. The number of carbonyl (C=O) groups excluding carboxylic acids is 3. The molecule has 0 aromatic heterocycles. The highest BCUT2D eigenvalue weighted by Gasteiger charge is 2.28. The van der Waals surface area contributed by atoms with E-state index < -0.39 is 0 Å². The van der Waals surface area contributed by atoms with Gasteiger partial charge in [-0.05, 0) is 36.0 Å². The average Bonchev–Trinajstić information content (AvgIpc) is 3.08. The number of nitrogens with zero attached hydrogens (tertiary/aromatic N) is 1. The maximum absolute atomic E-state index is 12.0. The Morgan fingerprint density at radius 2 is 1.71 bits per heavy atom. The van der Waals surface area contributed by atoms with Crippen molar-refractivity contribution in [2.24, 2.45) is 11.7 Å². The van der Waals surface area contributed by atoms with Crippen LogP contribution in [-0.4, -0.2) is 35.2 Å². The van der Waals surface area contributed by atoms with Crippen LogP contribution in [-0.2, 0) is 34.0 Å². The molecule has 1 aliphatic rings. The molecule has 2 rings (SSSR count). The summed E-state index contributed by atoms with van der Waals surface area (Å²) in [4.78, 5) is 37.7. The van der Waals surface area contributed by atoms with Crippen molar-refractivity contribution in [3.8, 4) is 0 Å². The second kappa shape index (κ2) is 10.2. The van der Waals surface area contributed by atoms with Crippen LogP contribution in [0, 0.1) is 5.92 Å². The lowest BCUT2D eigenvalue weighted by Gasteiger charge is -2.23. The molecule has 0 saturated carbocycles. The number of rotatable bonds is 10. The largest absolute Gasteiger partial charge is 0.368 e. The third kappa shape index (κ3) is 5.55. The molecule has 0 fully saturated rings. The normalized spacial score (nSPS) is 14.6. The van der Waals surface area contributed by atoms with E-state index in [0.29, 0.717) is 26.1 Å². The van der Waals surface area contributed by atoms with Crippen LogP contribution in [0.4, 0.5) is 0 Å². The Bertz CT molecular complexity index is 716. The molecule has 4 N–H and O–H groups in total. The number of amides is 3. The first-order valence-electron chi connectivity index (χ1n) is 10.1. The Hall–Kier alpha value is -2.41. The van der Waals surface area contributed by atoms with E-state index in [2.05, 4.69) is 21.6 Å². The van der Waals surface area contributed by atoms with E-state index in [0.717, 1.165) is 24.0 Å². The molecule has 1 atom stereocenters. The highest BCUT2D eigenvalue weighted by Crippen LogP contribution is 2.26. The third-order valence-corrected chi connectivity index (χ3v) is 5.44. The van der Waals surface area contributed by atoms with Gasteiger partial charge in [-0.3, -0.25) is 19.3 Å². The van der Waals surface area contributed by atoms with Crippen LogP contribution in [0.2, 0.25) is 0 Å². The Morgan fingerprint density at radius 1 is 1.04 bits per heavy atom. The fourth-order valence-corrected chi connectivity index (χ4v) is 3.68. The lowest BCUT2D eigenvalue weighted by atomic mass is 10.0. The van der Waals surface area contributed by atoms with Crippen molar-refractivity contribution in [3.05, 3.63) is 34.9 Å². The number of primary amides is 1. The van der Waals surface area contributed by atoms with Crippen LogP contribution in [0.3, 0.4) is 0 Å². The van der Waals surface area contributed by atoms with Gasteiger partial charge in [0.2, 0.25) is 17.7 Å². The molecule has 0 saturated heterocycles. The molecule has 154 valence electrons. The summed E-state index contributed by atoms with van der Waals surface area (Å²) in [7, 11) is 0. The number of hydrogen-bond donors (Lipinski definition) is 3. The summed E-state index contributed by atoms with van der Waals surface area (Å²) in [6.45, 7) is 7.69. The number of benzene rings is 1. The van der Waals surface area contributed by atoms with Crippen LogP contribution in [0.25, 0.3) is 0 Å². The molecule has 1 unspecified atom stereocenters. The summed E-state index contributed by atoms with van der Waals surface area (Å²) in [6.07, 6.45) is 2.23. The van der Waals surface area contributed by atoms with Gasteiger partial charge in [-0.15, -0.1) is 0 Å². The van der Waals surface area contributed by atoms with Gasteiger partial charge in [0.15, 0.2) is 0 Å². The first-order chi connectivity index (χ1) is 13.4. The molecule has 0 spiro atoms. The van der Waals surface area contributed by atoms with E-state index in [1.165, 1.54) is 5.56 Å². The summed E-state index contributed by atoms with van der Waals surface area (Å²) in [6, 6.07) is 5.83. The molecule has 1 aromatic carbocycles. The van der Waals surface area contributed by atoms with E-state index in [1.807, 2.05) is 32.9 Å². The Kier molecular flexibility index (Phi) is 7.99. The van der Waals surface area contributed by atoms with Gasteiger partial charge in [0.25, 0.3) is 0 Å². The van der Waals surface area contributed by atoms with E-state index in [-0.39, 0.29) is 36.2 Å². The molecular formula is C21H32N4O3. The molecule has 28 heavy (non-hydrogen) atoms. The maximum atomic E-state index is 12.0. The quantitative estimate of drug-likeness (QED) is 0.564. The molecule has 7 heteroatoms. The SMILES string of the molecule is CCC(CC)C(=O)NCC(=O)NCc1ccc2c(c1)CN(C(CC)C(N)=O)C2. The van der Waals surface area contributed by atoms with Crippen LogP contribution >= 0.6 is 0 Å². The monoisotopic (exact) mass is 388 g/mol. The highest BCUT2D eigenvalue weighted by atomic mass is 16.2. The van der Waals surface area contributed by atoms with Crippen molar-refractivity contribution in [1.29, 1.82) is 0 Å². The van der Waals surface area contributed by atoms with E-state index in [9.17, 15) is 14.4 Å². The summed E-state index contributed by atoms with van der Waals surface area (Å²) in [5.41, 5.74) is 8.84. The maximum Gasteiger partial charge on any atom is 0.239 e. The predicted octanol–water partition coefficient (Wildman–Crippen LogP) is 1.43. The van der Waals surface area contributed by atoms with Gasteiger partial charge in [-0.2, -0.15) is 0 Å². The topological polar surface area (TPSA) is 105 Å². The fourth-order valence-electron chi connectivity index (χ4n) is 3.68. The number of nitrogens with one attached hydrogen (secondary N) is 2. The van der Waals surface area contributed by atoms with Crippen LogP contribution in [0.15, 0.2) is 18.2 Å². The third-order valence-electron chi connectivity index (χ3n) is 5.44. The minimum atomic E-state index is -0.293. The molecule has 0 bridgehead atoms. The summed E-state index contributed by atoms with van der Waals surface area (Å²) < 4.78 is 0. The molecular weight excluding hydrogens is 356 g/mol. The fraction of sp³-hybridized carbons (Fsp3) is 0.571. The summed E-state index contributed by atoms with van der Waals surface area (Å²) in [5.74, 6) is -0.614. The lowest BCUT2D eigenvalue weighted by molar-refractivity contribution is -0.128. The zero-order valence-corrected chi connectivity index (χ0v) is 17.1. The highest BCUT2D eigenvalue weighted by molar-refractivity contribution is 5.85. The van der Waals surface area contributed by atoms with Crippen molar-refractivity contribution in [2.45, 2.75) is 65.7 Å². The minimum Gasteiger partial charge on any atom is -0.368 e. The zero-order valence-electron chi connectivity index (χ0n) is 17.1. The van der Waals surface area contributed by atoms with Crippen molar-refractivity contribution >= 4 is 17.7 Å². The van der Waals surface area contributed by atoms with E-state index in [4.69, 9.17) is 5.73 Å². The first kappa shape index (κ1) is 21.9. The van der Waals surface area contributed by atoms with Gasteiger partial charge >= 0.3 is 0 Å². The molecule has 7 nitrogen and oxygen atoms in total. The number of nitrogens with two attached hydrogens (primary N) is 1. The Labute approximate surface area is 167 Å². The second-order valence-electron chi connectivity index (χ2n) is 7.34. The average molecular weight is 389 g/mol. The predicted molar refractivity (Wildman–Crippen MR) is 108 cm³/mol. The molecule has 1 aliphatic heterocycles. The number of fused-ring (bicyclic) bond motifs is 1. The van der Waals surface area contributed by atoms with Gasteiger partial charge in [0.05, 0.1) is 12.6 Å². The Balaban J connectivity index is 1.85. The van der Waals surface area contributed by atoms with Crippen LogP contribution in [0.1, 0.15) is 56.7 Å². The number of carbonyl (C=O) groups is 3. The van der Waals surface area contributed by atoms with Crippen LogP contribution < -0.4 is 16.4 Å². The van der Waals surface area contributed by atoms with Gasteiger partial charge in [-0.25, -0.2) is 0 Å². The van der Waals surface area contributed by atoms with Crippen molar-refractivity contribution in [1.82, 2.24) is 15.5 Å². The van der Waals surface area contributed by atoms with Crippen LogP contribution in [0.5, 0.6) is 0 Å². The lowest BCUT2D eigenvalue weighted by Crippen LogP contribution is -2.41. The van der Waals surface area contributed by atoms with Gasteiger partial charge in [0.1, 0.15) is 0 Å². The smallest absolute Gasteiger partial charge is 0.239 e. The van der Waals surface area contributed by atoms with Crippen molar-refractivity contribution < 1.29 is 14.4 Å².